The van der Waals surface area contributed by atoms with Gasteiger partial charge in [-0.15, -0.1) is 0 Å². The number of aromatic hydroxyl groups is 1. The van der Waals surface area contributed by atoms with Crippen LogP contribution in [0.4, 0.5) is 0 Å². The maximum Gasteiger partial charge on any atom is 0.141 e. The molecule has 3 rings (SSSR count). The Kier molecular flexibility index (Phi) is 1.76. The molecule has 0 aliphatic rings. The summed E-state index contributed by atoms with van der Waals surface area (Å²) in [6.07, 6.45) is 0. The van der Waals surface area contributed by atoms with E-state index in [0.717, 1.165) is 16.4 Å². The van der Waals surface area contributed by atoms with Gasteiger partial charge in [0.1, 0.15) is 16.9 Å². The number of furan rings is 1. The van der Waals surface area contributed by atoms with Crippen LogP contribution < -0.4 is 0 Å². The molecule has 3 aromatic rings. The van der Waals surface area contributed by atoms with Crippen molar-refractivity contribution in [2.75, 3.05) is 0 Å². The smallest absolute Gasteiger partial charge is 0.141 e. The quantitative estimate of drug-likeness (QED) is 0.663. The van der Waals surface area contributed by atoms with Crippen LogP contribution in [-0.4, -0.2) is 5.11 Å². The highest BCUT2D eigenvalue weighted by Crippen LogP contribution is 2.38. The van der Waals surface area contributed by atoms with Crippen molar-refractivity contribution in [3.63, 3.8) is 0 Å². The van der Waals surface area contributed by atoms with Gasteiger partial charge in [0.15, 0.2) is 0 Å². The summed E-state index contributed by atoms with van der Waals surface area (Å²) in [5.41, 5.74) is 1.50. The highest BCUT2D eigenvalue weighted by Gasteiger charge is 2.11. The zero-order valence-corrected chi connectivity index (χ0v) is 9.28. The van der Waals surface area contributed by atoms with Crippen molar-refractivity contribution in [2.24, 2.45) is 0 Å². The summed E-state index contributed by atoms with van der Waals surface area (Å²) in [5.74, 6) is 0.234. The van der Waals surface area contributed by atoms with Crippen LogP contribution in [0.2, 0.25) is 0 Å². The molecule has 0 aliphatic heterocycles. The molecule has 2 aromatic carbocycles. The number of para-hydroxylation sites is 1. The topological polar surface area (TPSA) is 33.4 Å². The van der Waals surface area contributed by atoms with Crippen LogP contribution in [0.15, 0.2) is 45.3 Å². The fourth-order valence-corrected chi connectivity index (χ4v) is 2.10. The number of hydrogen-bond acceptors (Lipinski definition) is 2. The van der Waals surface area contributed by atoms with Crippen LogP contribution in [0.5, 0.6) is 5.75 Å². The molecule has 0 radical (unpaired) electrons. The molecule has 0 unspecified atom stereocenters. The number of hydrogen-bond donors (Lipinski definition) is 1. The first-order valence-electron chi connectivity index (χ1n) is 4.56. The summed E-state index contributed by atoms with van der Waals surface area (Å²) in [4.78, 5) is 0. The van der Waals surface area contributed by atoms with E-state index in [1.54, 1.807) is 6.07 Å². The number of halogens is 1. The van der Waals surface area contributed by atoms with Gasteiger partial charge in [0, 0.05) is 5.39 Å². The molecule has 0 aliphatic carbocycles. The Hall–Kier alpha value is -1.48. The maximum absolute atomic E-state index is 9.94. The molecule has 1 heterocycles. The van der Waals surface area contributed by atoms with Crippen LogP contribution >= 0.6 is 15.9 Å². The average molecular weight is 263 g/mol. The lowest BCUT2D eigenvalue weighted by Crippen LogP contribution is -1.71. The van der Waals surface area contributed by atoms with Crippen LogP contribution in [0.3, 0.4) is 0 Å². The van der Waals surface area contributed by atoms with Gasteiger partial charge >= 0.3 is 0 Å². The zero-order valence-electron chi connectivity index (χ0n) is 7.70. The molecule has 0 spiro atoms. The van der Waals surface area contributed by atoms with Gasteiger partial charge in [0.05, 0.1) is 9.86 Å². The molecule has 1 aromatic heterocycles. The molecule has 1 N–H and O–H groups in total. The normalized spacial score (nSPS) is 11.3. The second kappa shape index (κ2) is 3.00. The van der Waals surface area contributed by atoms with Gasteiger partial charge in [0.2, 0.25) is 0 Å². The lowest BCUT2D eigenvalue weighted by atomic mass is 10.1. The minimum Gasteiger partial charge on any atom is -0.506 e. The summed E-state index contributed by atoms with van der Waals surface area (Å²) in [6, 6.07) is 11.3. The number of phenols is 1. The van der Waals surface area contributed by atoms with Crippen LogP contribution in [0.25, 0.3) is 21.9 Å². The predicted octanol–water partition coefficient (Wildman–Crippen LogP) is 4.05. The molecule has 0 fully saturated rings. The Morgan fingerprint density at radius 2 is 1.80 bits per heavy atom. The van der Waals surface area contributed by atoms with E-state index in [4.69, 9.17) is 4.42 Å². The Labute approximate surface area is 94.3 Å². The highest BCUT2D eigenvalue weighted by molar-refractivity contribution is 9.10. The lowest BCUT2D eigenvalue weighted by Gasteiger charge is -1.96. The van der Waals surface area contributed by atoms with E-state index in [9.17, 15) is 5.11 Å². The largest absolute Gasteiger partial charge is 0.506 e. The molecule has 0 amide bonds. The monoisotopic (exact) mass is 262 g/mol. The second-order valence-corrected chi connectivity index (χ2v) is 4.22. The Balaban J connectivity index is 2.63. The lowest BCUT2D eigenvalue weighted by molar-refractivity contribution is 0.478. The fourth-order valence-electron chi connectivity index (χ4n) is 1.77. The van der Waals surface area contributed by atoms with Gasteiger partial charge in [-0.05, 0) is 34.1 Å². The van der Waals surface area contributed by atoms with E-state index in [0.29, 0.717) is 10.1 Å². The van der Waals surface area contributed by atoms with Crippen molar-refractivity contribution >= 4 is 37.9 Å². The number of rotatable bonds is 0. The third kappa shape index (κ3) is 1.16. The van der Waals surface area contributed by atoms with Crippen molar-refractivity contribution in [3.8, 4) is 5.75 Å². The number of phenolic OH excluding ortho intramolecular Hbond substituents is 1. The predicted molar refractivity (Wildman–Crippen MR) is 63.1 cm³/mol. The van der Waals surface area contributed by atoms with E-state index < -0.39 is 0 Å². The third-order valence-electron chi connectivity index (χ3n) is 2.47. The van der Waals surface area contributed by atoms with Crippen molar-refractivity contribution in [3.05, 3.63) is 40.9 Å². The van der Waals surface area contributed by atoms with E-state index in [1.807, 2.05) is 30.3 Å². The van der Waals surface area contributed by atoms with Gasteiger partial charge in [-0.3, -0.25) is 0 Å². The first kappa shape index (κ1) is 8.80. The van der Waals surface area contributed by atoms with Crippen molar-refractivity contribution < 1.29 is 9.52 Å². The molecular weight excluding hydrogens is 256 g/mol. The van der Waals surface area contributed by atoms with Crippen molar-refractivity contribution in [1.82, 2.24) is 0 Å². The Morgan fingerprint density at radius 3 is 2.67 bits per heavy atom. The van der Waals surface area contributed by atoms with Crippen LogP contribution in [0, 0.1) is 0 Å². The molecule has 0 saturated heterocycles. The molecular formula is C12H7BrO2. The van der Waals surface area contributed by atoms with Gasteiger partial charge in [-0.25, -0.2) is 0 Å². The van der Waals surface area contributed by atoms with Crippen LogP contribution in [-0.2, 0) is 0 Å². The summed E-state index contributed by atoms with van der Waals surface area (Å²) >= 11 is 3.30. The van der Waals surface area contributed by atoms with E-state index >= 15 is 0 Å². The second-order valence-electron chi connectivity index (χ2n) is 3.37. The summed E-state index contributed by atoms with van der Waals surface area (Å²) in [5, 5.41) is 11.6. The first-order chi connectivity index (χ1) is 7.27. The highest BCUT2D eigenvalue weighted by atomic mass is 79.9. The molecule has 0 bridgehead atoms. The van der Waals surface area contributed by atoms with Gasteiger partial charge < -0.3 is 9.52 Å². The number of fused-ring (bicyclic) bond motifs is 3. The molecule has 0 saturated carbocycles. The standard InChI is InChI=1S/C12H7BrO2/c13-8-5-6-10-11(12(8)14)7-3-1-2-4-9(7)15-10/h1-6,14H. The SMILES string of the molecule is Oc1c(Br)ccc2oc3ccccc3c12. The van der Waals surface area contributed by atoms with Gasteiger partial charge in [-0.2, -0.15) is 0 Å². The van der Waals surface area contributed by atoms with Crippen molar-refractivity contribution in [1.29, 1.82) is 0 Å². The minimum atomic E-state index is 0.234. The van der Waals surface area contributed by atoms with Crippen molar-refractivity contribution in [2.45, 2.75) is 0 Å². The molecule has 0 atom stereocenters. The number of benzene rings is 2. The minimum absolute atomic E-state index is 0.234. The third-order valence-corrected chi connectivity index (χ3v) is 3.11. The maximum atomic E-state index is 9.94. The van der Waals surface area contributed by atoms with E-state index in [2.05, 4.69) is 15.9 Å². The average Bonchev–Trinajstić information content (AvgIpc) is 2.62. The first-order valence-corrected chi connectivity index (χ1v) is 5.35. The Bertz CT molecular complexity index is 655. The molecule has 15 heavy (non-hydrogen) atoms. The molecule has 3 heteroatoms. The summed E-state index contributed by atoms with van der Waals surface area (Å²) in [7, 11) is 0. The van der Waals surface area contributed by atoms with Gasteiger partial charge in [-0.1, -0.05) is 18.2 Å². The van der Waals surface area contributed by atoms with Crippen LogP contribution in [0.1, 0.15) is 0 Å². The van der Waals surface area contributed by atoms with Gasteiger partial charge in [0.25, 0.3) is 0 Å². The summed E-state index contributed by atoms with van der Waals surface area (Å²) < 4.78 is 6.29. The Morgan fingerprint density at radius 1 is 1.00 bits per heavy atom. The summed E-state index contributed by atoms with van der Waals surface area (Å²) in [6.45, 7) is 0. The fraction of sp³-hybridized carbons (Fsp3) is 0. The van der Waals surface area contributed by atoms with E-state index in [1.165, 1.54) is 0 Å². The molecule has 2 nitrogen and oxygen atoms in total. The zero-order chi connectivity index (χ0) is 10.4. The van der Waals surface area contributed by atoms with E-state index in [-0.39, 0.29) is 5.75 Å². The molecule has 74 valence electrons.